The molecule has 0 bridgehead atoms. The molecule has 0 aliphatic carbocycles. The van der Waals surface area contributed by atoms with Crippen molar-refractivity contribution in [2.75, 3.05) is 43.9 Å². The van der Waals surface area contributed by atoms with Gasteiger partial charge in [0.2, 0.25) is 0 Å². The number of nitrogens with zero attached hydrogens (tertiary/aromatic N) is 2. The van der Waals surface area contributed by atoms with E-state index < -0.39 is 6.17 Å². The molecule has 3 rings (SSSR count). The zero-order valence-electron chi connectivity index (χ0n) is 13.5. The predicted octanol–water partition coefficient (Wildman–Crippen LogP) is 2.60. The Morgan fingerprint density at radius 1 is 1.18 bits per heavy atom. The van der Waals surface area contributed by atoms with Gasteiger partial charge >= 0.3 is 0 Å². The van der Waals surface area contributed by atoms with Gasteiger partial charge in [0.25, 0.3) is 0 Å². The fourth-order valence-electron chi connectivity index (χ4n) is 3.76. The van der Waals surface area contributed by atoms with Crippen LogP contribution in [0, 0.1) is 6.92 Å². The van der Waals surface area contributed by atoms with Crippen molar-refractivity contribution in [3.05, 3.63) is 17.7 Å². The number of anilines is 2. The van der Waals surface area contributed by atoms with Gasteiger partial charge in [0.1, 0.15) is 11.9 Å². The summed E-state index contributed by atoms with van der Waals surface area (Å²) in [6.45, 7) is 5.64. The molecule has 2 aliphatic heterocycles. The Bertz CT molecular complexity index is 529. The molecule has 0 unspecified atom stereocenters. The Balaban J connectivity index is 1.66. The highest BCUT2D eigenvalue weighted by Crippen LogP contribution is 2.33. The van der Waals surface area contributed by atoms with Crippen molar-refractivity contribution in [3.8, 4) is 5.75 Å². The summed E-state index contributed by atoms with van der Waals surface area (Å²) in [5.41, 5.74) is 9.03. The Kier molecular flexibility index (Phi) is 4.43. The number of ether oxygens (including phenoxy) is 1. The van der Waals surface area contributed by atoms with Crippen LogP contribution in [0.4, 0.5) is 15.8 Å². The first-order valence-corrected chi connectivity index (χ1v) is 8.15. The van der Waals surface area contributed by atoms with E-state index in [-0.39, 0.29) is 0 Å². The smallest absolute Gasteiger partial charge is 0.143 e. The third kappa shape index (κ3) is 3.00. The van der Waals surface area contributed by atoms with Crippen molar-refractivity contribution in [2.45, 2.75) is 38.4 Å². The molecule has 122 valence electrons. The molecule has 2 fully saturated rings. The fourth-order valence-corrected chi connectivity index (χ4v) is 3.76. The Labute approximate surface area is 132 Å². The summed E-state index contributed by atoms with van der Waals surface area (Å²) >= 11 is 0. The minimum Gasteiger partial charge on any atom is -0.495 e. The average Bonchev–Trinajstić information content (AvgIpc) is 2.94. The second-order valence-corrected chi connectivity index (χ2v) is 6.48. The molecule has 0 saturated carbocycles. The zero-order valence-corrected chi connectivity index (χ0v) is 13.5. The maximum absolute atomic E-state index is 13.4. The zero-order chi connectivity index (χ0) is 15.7. The number of nitrogens with two attached hydrogens (primary N) is 1. The number of alkyl halides is 1. The summed E-state index contributed by atoms with van der Waals surface area (Å²) in [5, 5.41) is 0. The number of hydrogen-bond donors (Lipinski definition) is 1. The molecular formula is C17H26FN3O. The van der Waals surface area contributed by atoms with Gasteiger partial charge in [-0.15, -0.1) is 0 Å². The topological polar surface area (TPSA) is 41.7 Å². The number of methoxy groups -OCH3 is 1. The van der Waals surface area contributed by atoms with Crippen molar-refractivity contribution in [2.24, 2.45) is 0 Å². The van der Waals surface area contributed by atoms with Crippen molar-refractivity contribution in [1.82, 2.24) is 4.90 Å². The Hall–Kier alpha value is -1.49. The van der Waals surface area contributed by atoms with Gasteiger partial charge in [-0.3, -0.25) is 4.90 Å². The minimum absolute atomic E-state index is 0.535. The van der Waals surface area contributed by atoms with E-state index in [2.05, 4.69) is 16.7 Å². The maximum Gasteiger partial charge on any atom is 0.143 e. The summed E-state index contributed by atoms with van der Waals surface area (Å²) in [7, 11) is 1.65. The standard InChI is InChI=1S/C17H26FN3O/c1-12-9-15(19)17(22-2)10-16(12)20-7-4-14(5-8-20)21-6-3-13(18)11-21/h9-10,13-14H,3-8,11,19H2,1-2H3/t13-/m1/s1. The molecule has 1 atom stereocenters. The third-order valence-corrected chi connectivity index (χ3v) is 5.03. The number of halogens is 1. The first-order valence-electron chi connectivity index (χ1n) is 8.15. The van der Waals surface area contributed by atoms with Crippen molar-refractivity contribution in [3.63, 3.8) is 0 Å². The van der Waals surface area contributed by atoms with Crippen LogP contribution in [0.5, 0.6) is 5.75 Å². The van der Waals surface area contributed by atoms with Crippen LogP contribution in [0.3, 0.4) is 0 Å². The summed E-state index contributed by atoms with van der Waals surface area (Å²) in [6, 6.07) is 4.56. The highest BCUT2D eigenvalue weighted by Gasteiger charge is 2.31. The van der Waals surface area contributed by atoms with E-state index in [0.29, 0.717) is 24.7 Å². The van der Waals surface area contributed by atoms with Gasteiger partial charge in [0, 0.05) is 44.0 Å². The lowest BCUT2D eigenvalue weighted by molar-refractivity contribution is 0.192. The second kappa shape index (κ2) is 6.32. The normalized spacial score (nSPS) is 24.0. The van der Waals surface area contributed by atoms with Crippen molar-refractivity contribution >= 4 is 11.4 Å². The van der Waals surface area contributed by atoms with Gasteiger partial charge in [-0.1, -0.05) is 0 Å². The number of rotatable bonds is 3. The molecule has 0 radical (unpaired) electrons. The molecule has 1 aromatic carbocycles. The lowest BCUT2D eigenvalue weighted by atomic mass is 10.0. The summed E-state index contributed by atoms with van der Waals surface area (Å²) < 4.78 is 18.7. The van der Waals surface area contributed by atoms with Gasteiger partial charge in [0.05, 0.1) is 12.8 Å². The van der Waals surface area contributed by atoms with Crippen LogP contribution in [0.1, 0.15) is 24.8 Å². The van der Waals surface area contributed by atoms with Gasteiger partial charge in [0.15, 0.2) is 0 Å². The van der Waals surface area contributed by atoms with Gasteiger partial charge < -0.3 is 15.4 Å². The number of hydrogen-bond acceptors (Lipinski definition) is 4. The fraction of sp³-hybridized carbons (Fsp3) is 0.647. The lowest BCUT2D eigenvalue weighted by Crippen LogP contribution is -2.44. The number of piperidine rings is 1. The summed E-state index contributed by atoms with van der Waals surface area (Å²) in [4.78, 5) is 4.73. The highest BCUT2D eigenvalue weighted by atomic mass is 19.1. The number of nitrogen functional groups attached to an aromatic ring is 1. The van der Waals surface area contributed by atoms with E-state index in [4.69, 9.17) is 10.5 Å². The average molecular weight is 307 g/mol. The molecule has 2 heterocycles. The molecule has 2 aliphatic rings. The Morgan fingerprint density at radius 3 is 2.50 bits per heavy atom. The van der Waals surface area contributed by atoms with E-state index >= 15 is 0 Å². The van der Waals surface area contributed by atoms with E-state index in [1.54, 1.807) is 7.11 Å². The molecule has 0 amide bonds. The molecule has 22 heavy (non-hydrogen) atoms. The van der Waals surface area contributed by atoms with E-state index in [9.17, 15) is 4.39 Å². The SMILES string of the molecule is COc1cc(N2CCC(N3CC[C@@H](F)C3)CC2)c(C)cc1N. The van der Waals surface area contributed by atoms with E-state index in [1.165, 1.54) is 11.3 Å². The Morgan fingerprint density at radius 2 is 1.91 bits per heavy atom. The first-order chi connectivity index (χ1) is 10.6. The molecular weight excluding hydrogens is 281 g/mol. The minimum atomic E-state index is -0.623. The molecule has 0 spiro atoms. The van der Waals surface area contributed by atoms with Crippen molar-refractivity contribution < 1.29 is 9.13 Å². The van der Waals surface area contributed by atoms with Crippen LogP contribution in [-0.4, -0.2) is 50.4 Å². The molecule has 2 saturated heterocycles. The van der Waals surface area contributed by atoms with E-state index in [1.807, 2.05) is 12.1 Å². The van der Waals surface area contributed by atoms with Crippen LogP contribution in [-0.2, 0) is 0 Å². The molecule has 2 N–H and O–H groups in total. The van der Waals surface area contributed by atoms with Gasteiger partial charge in [-0.2, -0.15) is 0 Å². The molecule has 1 aromatic rings. The van der Waals surface area contributed by atoms with Gasteiger partial charge in [-0.25, -0.2) is 4.39 Å². The van der Waals surface area contributed by atoms with Crippen molar-refractivity contribution in [1.29, 1.82) is 0 Å². The maximum atomic E-state index is 13.4. The van der Waals surface area contributed by atoms with Gasteiger partial charge in [-0.05, 0) is 37.8 Å². The molecule has 5 heteroatoms. The predicted molar refractivity (Wildman–Crippen MR) is 88.5 cm³/mol. The monoisotopic (exact) mass is 307 g/mol. The van der Waals surface area contributed by atoms with Crippen LogP contribution in [0.25, 0.3) is 0 Å². The van der Waals surface area contributed by atoms with Crippen LogP contribution in [0.15, 0.2) is 12.1 Å². The molecule has 0 aromatic heterocycles. The second-order valence-electron chi connectivity index (χ2n) is 6.48. The summed E-state index contributed by atoms with van der Waals surface area (Å²) in [6.07, 6.45) is 2.27. The number of benzene rings is 1. The van der Waals surface area contributed by atoms with E-state index in [0.717, 1.165) is 38.2 Å². The van der Waals surface area contributed by atoms with Crippen LogP contribution < -0.4 is 15.4 Å². The third-order valence-electron chi connectivity index (χ3n) is 5.03. The van der Waals surface area contributed by atoms with Crippen LogP contribution >= 0.6 is 0 Å². The lowest BCUT2D eigenvalue weighted by Gasteiger charge is -2.38. The van der Waals surface area contributed by atoms with Crippen LogP contribution in [0.2, 0.25) is 0 Å². The molecule has 4 nitrogen and oxygen atoms in total. The summed E-state index contributed by atoms with van der Waals surface area (Å²) in [5.74, 6) is 0.738. The highest BCUT2D eigenvalue weighted by molar-refractivity contribution is 5.66. The number of likely N-dealkylation sites (tertiary alicyclic amines) is 1. The largest absolute Gasteiger partial charge is 0.495 e. The number of aryl methyl sites for hydroxylation is 1. The quantitative estimate of drug-likeness (QED) is 0.872. The first kappa shape index (κ1) is 15.4.